The first-order chi connectivity index (χ1) is 29.5. The summed E-state index contributed by atoms with van der Waals surface area (Å²) in [7, 11) is 0. The third kappa shape index (κ3) is 45.4. The maximum absolute atomic E-state index is 12.8. The minimum absolute atomic E-state index is 0.100. The van der Waals surface area contributed by atoms with Crippen molar-refractivity contribution in [1.29, 1.82) is 0 Å². The number of ether oxygens (including phenoxy) is 3. The van der Waals surface area contributed by atoms with Gasteiger partial charge in [-0.25, -0.2) is 0 Å². The molecule has 0 aromatic heterocycles. The van der Waals surface area contributed by atoms with Crippen LogP contribution in [0, 0.1) is 0 Å². The molecule has 60 heavy (non-hydrogen) atoms. The van der Waals surface area contributed by atoms with Gasteiger partial charge in [0.1, 0.15) is 13.2 Å². The SMILES string of the molecule is CC/C=C\C/C=C\C/C=C\C/C=C\CCCCCC(=O)OCC(COC(=O)CCCCCCC/C=C\C/C=C\CC)OC(=O)CCCCCCCCC/C=C\C/C=C\CC. The molecule has 0 aliphatic carbocycles. The summed E-state index contributed by atoms with van der Waals surface area (Å²) < 4.78 is 16.7. The number of unbranched alkanes of at least 4 members (excludes halogenated alkanes) is 15. The van der Waals surface area contributed by atoms with Crippen LogP contribution >= 0.6 is 0 Å². The first-order valence-corrected chi connectivity index (χ1v) is 24.2. The Kier molecular flexibility index (Phi) is 45.1. The zero-order valence-corrected chi connectivity index (χ0v) is 38.7. The van der Waals surface area contributed by atoms with Crippen molar-refractivity contribution >= 4 is 17.9 Å². The number of carbonyl (C=O) groups excluding carboxylic acids is 3. The van der Waals surface area contributed by atoms with E-state index < -0.39 is 6.10 Å². The van der Waals surface area contributed by atoms with Gasteiger partial charge in [-0.2, -0.15) is 0 Å². The maximum Gasteiger partial charge on any atom is 0.306 e. The Labute approximate surface area is 368 Å². The highest BCUT2D eigenvalue weighted by molar-refractivity contribution is 5.71. The standard InChI is InChI=1S/C54H88O6/c1-4-7-10-13-16-19-22-25-27-28-30-32-35-38-41-44-47-53(56)59-50-51(49-58-52(55)46-43-40-37-34-31-24-21-18-15-12-9-6-3)60-54(57)48-45-42-39-36-33-29-26-23-20-17-14-11-8-5-2/h7-12,16-21,25,27,30,32,51H,4-6,13-15,22-24,26,28-29,31,33-50H2,1-3H3/b10-7-,11-8-,12-9-,19-16-,20-17-,21-18-,27-25-,32-30-. The molecule has 0 radical (unpaired) electrons. The highest BCUT2D eigenvalue weighted by atomic mass is 16.6. The monoisotopic (exact) mass is 833 g/mol. The lowest BCUT2D eigenvalue weighted by atomic mass is 10.1. The van der Waals surface area contributed by atoms with Gasteiger partial charge in [-0.3, -0.25) is 14.4 Å². The van der Waals surface area contributed by atoms with Gasteiger partial charge in [0.25, 0.3) is 0 Å². The molecule has 0 N–H and O–H groups in total. The summed E-state index contributed by atoms with van der Waals surface area (Å²) in [5.74, 6) is -0.961. The Balaban J connectivity index is 4.48. The average Bonchev–Trinajstić information content (AvgIpc) is 3.24. The van der Waals surface area contributed by atoms with E-state index in [-0.39, 0.29) is 31.1 Å². The van der Waals surface area contributed by atoms with Crippen molar-refractivity contribution in [3.63, 3.8) is 0 Å². The molecular formula is C54H88O6. The van der Waals surface area contributed by atoms with Crippen LogP contribution in [0.15, 0.2) is 97.2 Å². The fourth-order valence-electron chi connectivity index (χ4n) is 6.27. The summed E-state index contributed by atoms with van der Waals surface area (Å²) >= 11 is 0. The molecule has 1 atom stereocenters. The zero-order valence-electron chi connectivity index (χ0n) is 38.7. The van der Waals surface area contributed by atoms with Crippen molar-refractivity contribution in [2.24, 2.45) is 0 Å². The van der Waals surface area contributed by atoms with Crippen molar-refractivity contribution < 1.29 is 28.6 Å². The van der Waals surface area contributed by atoms with E-state index in [0.29, 0.717) is 19.3 Å². The fraction of sp³-hybridized carbons (Fsp3) is 0.648. The van der Waals surface area contributed by atoms with E-state index in [2.05, 4.69) is 118 Å². The van der Waals surface area contributed by atoms with E-state index in [1.54, 1.807) is 0 Å². The van der Waals surface area contributed by atoms with E-state index in [1.165, 1.54) is 25.7 Å². The van der Waals surface area contributed by atoms with E-state index in [4.69, 9.17) is 14.2 Å². The Bertz CT molecular complexity index is 1230. The van der Waals surface area contributed by atoms with Crippen LogP contribution in [0.1, 0.15) is 207 Å². The molecule has 1 unspecified atom stereocenters. The van der Waals surface area contributed by atoms with Crippen LogP contribution in [0.2, 0.25) is 0 Å². The fourth-order valence-corrected chi connectivity index (χ4v) is 6.27. The molecule has 0 fully saturated rings. The van der Waals surface area contributed by atoms with Crippen molar-refractivity contribution in [3.05, 3.63) is 97.2 Å². The van der Waals surface area contributed by atoms with Crippen LogP contribution in [0.5, 0.6) is 0 Å². The highest BCUT2D eigenvalue weighted by Crippen LogP contribution is 2.13. The lowest BCUT2D eigenvalue weighted by Gasteiger charge is -2.18. The molecule has 340 valence electrons. The van der Waals surface area contributed by atoms with Gasteiger partial charge in [0.05, 0.1) is 0 Å². The largest absolute Gasteiger partial charge is 0.462 e. The number of carbonyl (C=O) groups is 3. The third-order valence-electron chi connectivity index (χ3n) is 9.81. The number of hydrogen-bond donors (Lipinski definition) is 0. The lowest BCUT2D eigenvalue weighted by molar-refractivity contribution is -0.167. The molecule has 0 aliphatic rings. The van der Waals surface area contributed by atoms with Gasteiger partial charge in [0.2, 0.25) is 0 Å². The van der Waals surface area contributed by atoms with Crippen molar-refractivity contribution in [3.8, 4) is 0 Å². The highest BCUT2D eigenvalue weighted by Gasteiger charge is 2.19. The first-order valence-electron chi connectivity index (χ1n) is 24.2. The normalized spacial score (nSPS) is 12.9. The smallest absolute Gasteiger partial charge is 0.306 e. The predicted molar refractivity (Wildman–Crippen MR) is 256 cm³/mol. The van der Waals surface area contributed by atoms with E-state index in [1.807, 2.05) is 0 Å². The van der Waals surface area contributed by atoms with E-state index >= 15 is 0 Å². The Hall–Kier alpha value is -3.67. The zero-order chi connectivity index (χ0) is 43.7. The maximum atomic E-state index is 12.8. The quantitative estimate of drug-likeness (QED) is 0.0264. The van der Waals surface area contributed by atoms with Gasteiger partial charge in [0, 0.05) is 19.3 Å². The molecule has 0 saturated carbocycles. The van der Waals surface area contributed by atoms with Crippen LogP contribution in [-0.4, -0.2) is 37.2 Å². The molecule has 6 heteroatoms. The van der Waals surface area contributed by atoms with Crippen molar-refractivity contribution in [2.75, 3.05) is 13.2 Å². The molecular weight excluding hydrogens is 745 g/mol. The van der Waals surface area contributed by atoms with Gasteiger partial charge in [-0.15, -0.1) is 0 Å². The minimum atomic E-state index is -0.800. The van der Waals surface area contributed by atoms with Crippen molar-refractivity contribution in [1.82, 2.24) is 0 Å². The van der Waals surface area contributed by atoms with Crippen LogP contribution in [-0.2, 0) is 28.6 Å². The van der Waals surface area contributed by atoms with Crippen LogP contribution < -0.4 is 0 Å². The van der Waals surface area contributed by atoms with Gasteiger partial charge < -0.3 is 14.2 Å². The summed E-state index contributed by atoms with van der Waals surface area (Å²) in [6.45, 7) is 6.24. The Morgan fingerprint density at radius 1 is 0.333 bits per heavy atom. The Morgan fingerprint density at radius 3 is 0.950 bits per heavy atom. The predicted octanol–water partition coefficient (Wildman–Crippen LogP) is 15.8. The molecule has 0 heterocycles. The Morgan fingerprint density at radius 2 is 0.600 bits per heavy atom. The molecule has 0 saturated heterocycles. The second-order valence-corrected chi connectivity index (χ2v) is 15.6. The summed E-state index contributed by atoms with van der Waals surface area (Å²) in [5, 5.41) is 0. The number of hydrogen-bond acceptors (Lipinski definition) is 6. The minimum Gasteiger partial charge on any atom is -0.462 e. The molecule has 0 spiro atoms. The van der Waals surface area contributed by atoms with Crippen LogP contribution in [0.4, 0.5) is 0 Å². The third-order valence-corrected chi connectivity index (χ3v) is 9.81. The first kappa shape index (κ1) is 56.3. The van der Waals surface area contributed by atoms with Crippen molar-refractivity contribution in [2.45, 2.75) is 213 Å². The van der Waals surface area contributed by atoms with Gasteiger partial charge >= 0.3 is 17.9 Å². The molecule has 0 aromatic carbocycles. The second-order valence-electron chi connectivity index (χ2n) is 15.6. The number of rotatable bonds is 42. The van der Waals surface area contributed by atoms with E-state index in [9.17, 15) is 14.4 Å². The molecule has 6 nitrogen and oxygen atoms in total. The molecule has 0 bridgehead atoms. The summed E-state index contributed by atoms with van der Waals surface area (Å²) in [4.78, 5) is 37.9. The summed E-state index contributed by atoms with van der Waals surface area (Å²) in [5.41, 5.74) is 0. The van der Waals surface area contributed by atoms with Gasteiger partial charge in [-0.05, 0) is 109 Å². The van der Waals surface area contributed by atoms with E-state index in [0.717, 1.165) is 141 Å². The van der Waals surface area contributed by atoms with Gasteiger partial charge in [-0.1, -0.05) is 176 Å². The number of allylic oxidation sites excluding steroid dienone is 16. The second kappa shape index (κ2) is 48.0. The average molecular weight is 833 g/mol. The topological polar surface area (TPSA) is 78.9 Å². The molecule has 0 rings (SSSR count). The van der Waals surface area contributed by atoms with Crippen LogP contribution in [0.3, 0.4) is 0 Å². The lowest BCUT2D eigenvalue weighted by Crippen LogP contribution is -2.30. The number of esters is 3. The molecule has 0 aromatic rings. The molecule has 0 amide bonds. The molecule has 0 aliphatic heterocycles. The summed E-state index contributed by atoms with van der Waals surface area (Å²) in [6.07, 6.45) is 62.5. The summed E-state index contributed by atoms with van der Waals surface area (Å²) in [6, 6.07) is 0. The van der Waals surface area contributed by atoms with Crippen LogP contribution in [0.25, 0.3) is 0 Å². The van der Waals surface area contributed by atoms with Gasteiger partial charge in [0.15, 0.2) is 6.10 Å².